The molecule has 2 heterocycles. The maximum Gasteiger partial charge on any atom is 0.0984 e. The summed E-state index contributed by atoms with van der Waals surface area (Å²) in [6.07, 6.45) is 0. The Morgan fingerprint density at radius 1 is 0.800 bits per heavy atom. The summed E-state index contributed by atoms with van der Waals surface area (Å²) >= 11 is 19.5. The molecule has 3 aromatic rings. The van der Waals surface area contributed by atoms with Crippen LogP contribution in [0.25, 0.3) is 28.1 Å². The minimum Gasteiger partial charge on any atom is -0.124 e. The number of thiocarbonyl (C=S) groups is 2. The van der Waals surface area contributed by atoms with Crippen molar-refractivity contribution in [2.24, 2.45) is 0 Å². The first kappa shape index (κ1) is 13.0. The van der Waals surface area contributed by atoms with E-state index in [2.05, 4.69) is 30.8 Å². The van der Waals surface area contributed by atoms with Gasteiger partial charge in [0.1, 0.15) is 0 Å². The van der Waals surface area contributed by atoms with Crippen molar-refractivity contribution >= 4 is 96.3 Å². The third-order valence-corrected chi connectivity index (χ3v) is 6.61. The molecule has 4 rings (SSSR count). The summed E-state index contributed by atoms with van der Waals surface area (Å²) in [5.41, 5.74) is 2.19. The molecular formula is C15H6S5. The zero-order valence-corrected chi connectivity index (χ0v) is 14.1. The van der Waals surface area contributed by atoms with Gasteiger partial charge in [0.15, 0.2) is 0 Å². The van der Waals surface area contributed by atoms with Gasteiger partial charge in [-0.1, -0.05) is 79.3 Å². The molecule has 96 valence electrons. The van der Waals surface area contributed by atoms with Gasteiger partial charge < -0.3 is 0 Å². The first-order valence-corrected chi connectivity index (χ1v) is 8.71. The third-order valence-electron chi connectivity index (χ3n) is 3.52. The maximum atomic E-state index is 5.50. The van der Waals surface area contributed by atoms with Gasteiger partial charge in [-0.3, -0.25) is 0 Å². The number of hydrogen-bond donors (Lipinski definition) is 0. The van der Waals surface area contributed by atoms with Crippen molar-refractivity contribution in [1.29, 1.82) is 0 Å². The Kier molecular flexibility index (Phi) is 2.85. The molecule has 0 unspecified atom stereocenters. The van der Waals surface area contributed by atoms with Crippen molar-refractivity contribution in [3.8, 4) is 0 Å². The van der Waals surface area contributed by atoms with Crippen LogP contribution in [0.4, 0.5) is 0 Å². The topological polar surface area (TPSA) is 0 Å². The SMILES string of the molecule is C=c1sc(=S)c2ccc3c4c(ccc1c42)C(=S)SC3=S. The summed E-state index contributed by atoms with van der Waals surface area (Å²) in [6, 6.07) is 8.34. The molecule has 0 atom stereocenters. The molecule has 5 heteroatoms. The molecule has 0 spiro atoms. The molecule has 20 heavy (non-hydrogen) atoms. The minimum absolute atomic E-state index is 0.848. The molecule has 0 N–H and O–H groups in total. The Labute approximate surface area is 139 Å². The van der Waals surface area contributed by atoms with Crippen LogP contribution in [0, 0.1) is 3.82 Å². The molecule has 0 fully saturated rings. The molecular weight excluding hydrogens is 340 g/mol. The van der Waals surface area contributed by atoms with Crippen LogP contribution in [0.2, 0.25) is 0 Å². The van der Waals surface area contributed by atoms with E-state index in [1.165, 1.54) is 17.1 Å². The molecule has 0 bridgehead atoms. The Morgan fingerprint density at radius 3 is 2.05 bits per heavy atom. The summed E-state index contributed by atoms with van der Waals surface area (Å²) in [5.74, 6) is 0. The van der Waals surface area contributed by atoms with Gasteiger partial charge in [0.05, 0.1) is 12.2 Å². The highest BCUT2D eigenvalue weighted by Gasteiger charge is 2.23. The second-order valence-corrected chi connectivity index (χ2v) is 8.69. The van der Waals surface area contributed by atoms with Crippen molar-refractivity contribution in [3.63, 3.8) is 0 Å². The third kappa shape index (κ3) is 1.61. The molecule has 0 radical (unpaired) electrons. The number of hydrogen-bond acceptors (Lipinski definition) is 5. The van der Waals surface area contributed by atoms with Crippen LogP contribution < -0.4 is 4.53 Å². The fourth-order valence-corrected chi connectivity index (χ4v) is 5.64. The Balaban J connectivity index is 2.45. The summed E-state index contributed by atoms with van der Waals surface area (Å²) in [7, 11) is 0. The lowest BCUT2D eigenvalue weighted by Gasteiger charge is -2.20. The van der Waals surface area contributed by atoms with Crippen LogP contribution in [0.3, 0.4) is 0 Å². The summed E-state index contributed by atoms with van der Waals surface area (Å²) in [4.78, 5) is 0. The van der Waals surface area contributed by atoms with Crippen LogP contribution in [0.1, 0.15) is 11.1 Å². The zero-order valence-electron chi connectivity index (χ0n) is 10.1. The predicted molar refractivity (Wildman–Crippen MR) is 102 cm³/mol. The lowest BCUT2D eigenvalue weighted by molar-refractivity contribution is 1.75. The Bertz CT molecular complexity index is 964. The van der Waals surface area contributed by atoms with Gasteiger partial charge in [-0.25, -0.2) is 0 Å². The van der Waals surface area contributed by atoms with Crippen molar-refractivity contribution in [2.45, 2.75) is 0 Å². The largest absolute Gasteiger partial charge is 0.124 e. The Morgan fingerprint density at radius 2 is 1.40 bits per heavy atom. The van der Waals surface area contributed by atoms with E-state index in [9.17, 15) is 0 Å². The normalized spacial score (nSPS) is 14.4. The second-order valence-electron chi connectivity index (χ2n) is 4.56. The zero-order chi connectivity index (χ0) is 14.0. The fraction of sp³-hybridized carbons (Fsp3) is 0. The fourth-order valence-electron chi connectivity index (χ4n) is 2.65. The lowest BCUT2D eigenvalue weighted by Crippen LogP contribution is -2.10. The van der Waals surface area contributed by atoms with E-state index in [0.717, 1.165) is 44.0 Å². The van der Waals surface area contributed by atoms with Gasteiger partial charge in [0, 0.05) is 31.8 Å². The van der Waals surface area contributed by atoms with Gasteiger partial charge in [-0.15, -0.1) is 11.3 Å². The number of benzene rings is 2. The smallest absolute Gasteiger partial charge is 0.0984 e. The molecule has 1 aliphatic heterocycles. The van der Waals surface area contributed by atoms with Crippen LogP contribution >= 0.6 is 59.8 Å². The van der Waals surface area contributed by atoms with E-state index >= 15 is 0 Å². The predicted octanol–water partition coefficient (Wildman–Crippen LogP) is 5.01. The quantitative estimate of drug-likeness (QED) is 0.524. The summed E-state index contributed by atoms with van der Waals surface area (Å²) in [6.45, 7) is 4.13. The highest BCUT2D eigenvalue weighted by molar-refractivity contribution is 8.39. The highest BCUT2D eigenvalue weighted by Crippen LogP contribution is 2.39. The molecule has 2 aromatic carbocycles. The van der Waals surface area contributed by atoms with Crippen molar-refractivity contribution in [1.82, 2.24) is 0 Å². The summed E-state index contributed by atoms with van der Waals surface area (Å²) < 4.78 is 3.57. The van der Waals surface area contributed by atoms with E-state index in [1.807, 2.05) is 0 Å². The first-order chi connectivity index (χ1) is 9.58. The van der Waals surface area contributed by atoms with E-state index in [-0.39, 0.29) is 0 Å². The van der Waals surface area contributed by atoms with Gasteiger partial charge in [-0.2, -0.15) is 0 Å². The van der Waals surface area contributed by atoms with Gasteiger partial charge in [0.25, 0.3) is 0 Å². The molecule has 0 amide bonds. The number of thioether (sulfide) groups is 1. The van der Waals surface area contributed by atoms with Crippen LogP contribution in [0.15, 0.2) is 24.3 Å². The monoisotopic (exact) mass is 346 g/mol. The summed E-state index contributed by atoms with van der Waals surface area (Å²) in [5, 5.41) is 4.57. The van der Waals surface area contributed by atoms with E-state index < -0.39 is 0 Å². The average molecular weight is 347 g/mol. The molecule has 0 nitrogen and oxygen atoms in total. The maximum absolute atomic E-state index is 5.50. The molecule has 1 aromatic heterocycles. The molecule has 0 saturated carbocycles. The average Bonchev–Trinajstić information content (AvgIpc) is 2.42. The Hall–Kier alpha value is -0.720. The van der Waals surface area contributed by atoms with Gasteiger partial charge in [-0.05, 0) is 5.39 Å². The molecule has 1 aliphatic rings. The molecule has 0 saturated heterocycles. The minimum atomic E-state index is 0.848. The second kappa shape index (κ2) is 4.39. The highest BCUT2D eigenvalue weighted by atomic mass is 32.2. The lowest BCUT2D eigenvalue weighted by atomic mass is 9.96. The van der Waals surface area contributed by atoms with E-state index in [0.29, 0.717) is 0 Å². The van der Waals surface area contributed by atoms with Crippen molar-refractivity contribution in [2.75, 3.05) is 0 Å². The van der Waals surface area contributed by atoms with Crippen LogP contribution in [-0.4, -0.2) is 8.39 Å². The number of rotatable bonds is 0. The van der Waals surface area contributed by atoms with E-state index in [1.54, 1.807) is 11.3 Å². The van der Waals surface area contributed by atoms with Crippen molar-refractivity contribution < 1.29 is 0 Å². The van der Waals surface area contributed by atoms with Crippen LogP contribution in [0.5, 0.6) is 0 Å². The van der Waals surface area contributed by atoms with E-state index in [4.69, 9.17) is 36.7 Å². The van der Waals surface area contributed by atoms with Crippen molar-refractivity contribution in [3.05, 3.63) is 43.7 Å². The van der Waals surface area contributed by atoms with Gasteiger partial charge >= 0.3 is 0 Å². The molecule has 0 aliphatic carbocycles. The standard InChI is InChI=1S/C15H6S5/c1-6-7-2-3-9-12-10(15(18)20-14(9)17)5-4-8(11(7)12)13(16)19-6/h2-5H,1H2. The van der Waals surface area contributed by atoms with Crippen LogP contribution in [-0.2, 0) is 0 Å². The first-order valence-electron chi connectivity index (χ1n) is 5.85. The van der Waals surface area contributed by atoms with Gasteiger partial charge in [0.2, 0.25) is 0 Å².